The van der Waals surface area contributed by atoms with Gasteiger partial charge in [0.1, 0.15) is 6.04 Å². The standard InChI is InChI=1S/C13H16ClNO3S/c1-9(13(17)18-2)15-12(16)7-8-19-11-5-3-10(14)4-6-11/h3-6,9H,7-8H2,1-2H3,(H,15,16)/t9-/m0/s1. The summed E-state index contributed by atoms with van der Waals surface area (Å²) in [5.74, 6) is 0.0273. The number of thioether (sulfide) groups is 1. The Morgan fingerprint density at radius 3 is 2.58 bits per heavy atom. The van der Waals surface area contributed by atoms with Crippen LogP contribution in [0, 0.1) is 0 Å². The SMILES string of the molecule is COC(=O)[C@H](C)NC(=O)CCSc1ccc(Cl)cc1. The maximum atomic E-state index is 11.6. The minimum Gasteiger partial charge on any atom is -0.467 e. The van der Waals surface area contributed by atoms with E-state index in [1.165, 1.54) is 7.11 Å². The lowest BCUT2D eigenvalue weighted by Gasteiger charge is -2.11. The quantitative estimate of drug-likeness (QED) is 0.648. The molecule has 19 heavy (non-hydrogen) atoms. The second kappa shape index (κ2) is 8.07. The smallest absolute Gasteiger partial charge is 0.328 e. The summed E-state index contributed by atoms with van der Waals surface area (Å²) in [6, 6.07) is 6.81. The Labute approximate surface area is 121 Å². The van der Waals surface area contributed by atoms with Crippen LogP contribution < -0.4 is 5.32 Å². The highest BCUT2D eigenvalue weighted by Gasteiger charge is 2.15. The van der Waals surface area contributed by atoms with Crippen molar-refractivity contribution in [3.63, 3.8) is 0 Å². The molecule has 1 rings (SSSR count). The van der Waals surface area contributed by atoms with Gasteiger partial charge in [0.2, 0.25) is 5.91 Å². The van der Waals surface area contributed by atoms with Crippen molar-refractivity contribution in [1.82, 2.24) is 5.32 Å². The van der Waals surface area contributed by atoms with Gasteiger partial charge in [0, 0.05) is 22.1 Å². The molecule has 0 fully saturated rings. The first-order valence-corrected chi connectivity index (χ1v) is 7.15. The van der Waals surface area contributed by atoms with Crippen molar-refractivity contribution in [3.05, 3.63) is 29.3 Å². The summed E-state index contributed by atoms with van der Waals surface area (Å²) in [5.41, 5.74) is 0. The monoisotopic (exact) mass is 301 g/mol. The molecule has 0 aliphatic carbocycles. The van der Waals surface area contributed by atoms with E-state index in [0.29, 0.717) is 17.2 Å². The van der Waals surface area contributed by atoms with Crippen molar-refractivity contribution in [2.24, 2.45) is 0 Å². The molecule has 0 spiro atoms. The van der Waals surface area contributed by atoms with Crippen LogP contribution in [-0.2, 0) is 14.3 Å². The zero-order valence-corrected chi connectivity index (χ0v) is 12.4. The first-order valence-electron chi connectivity index (χ1n) is 5.78. The van der Waals surface area contributed by atoms with E-state index in [4.69, 9.17) is 11.6 Å². The van der Waals surface area contributed by atoms with Crippen LogP contribution in [0.3, 0.4) is 0 Å². The molecule has 0 radical (unpaired) electrons. The number of ether oxygens (including phenoxy) is 1. The van der Waals surface area contributed by atoms with Gasteiger partial charge in [-0.1, -0.05) is 11.6 Å². The molecule has 0 aliphatic heterocycles. The molecule has 104 valence electrons. The third-order valence-corrected chi connectivity index (χ3v) is 3.61. The van der Waals surface area contributed by atoms with E-state index in [-0.39, 0.29) is 5.91 Å². The summed E-state index contributed by atoms with van der Waals surface area (Å²) in [4.78, 5) is 23.7. The molecule has 1 aromatic rings. The Balaban J connectivity index is 2.27. The number of benzene rings is 1. The van der Waals surface area contributed by atoms with Gasteiger partial charge in [-0.3, -0.25) is 4.79 Å². The molecule has 0 bridgehead atoms. The van der Waals surface area contributed by atoms with E-state index in [0.717, 1.165) is 4.90 Å². The van der Waals surface area contributed by atoms with Crippen molar-refractivity contribution in [2.75, 3.05) is 12.9 Å². The van der Waals surface area contributed by atoms with Gasteiger partial charge in [-0.15, -0.1) is 11.8 Å². The molecule has 0 aliphatic rings. The third-order valence-electron chi connectivity index (χ3n) is 2.34. The second-order valence-corrected chi connectivity index (χ2v) is 5.47. The van der Waals surface area contributed by atoms with Gasteiger partial charge in [-0.25, -0.2) is 4.79 Å². The molecular weight excluding hydrogens is 286 g/mol. The highest BCUT2D eigenvalue weighted by Crippen LogP contribution is 2.20. The van der Waals surface area contributed by atoms with Gasteiger partial charge < -0.3 is 10.1 Å². The van der Waals surface area contributed by atoms with Crippen molar-refractivity contribution in [3.8, 4) is 0 Å². The van der Waals surface area contributed by atoms with E-state index >= 15 is 0 Å². The first kappa shape index (κ1) is 15.9. The molecule has 6 heteroatoms. The molecule has 1 N–H and O–H groups in total. The lowest BCUT2D eigenvalue weighted by Crippen LogP contribution is -2.39. The number of halogens is 1. The summed E-state index contributed by atoms with van der Waals surface area (Å²) in [7, 11) is 1.29. The normalized spacial score (nSPS) is 11.7. The molecule has 0 heterocycles. The van der Waals surface area contributed by atoms with Gasteiger partial charge in [0.25, 0.3) is 0 Å². The second-order valence-electron chi connectivity index (χ2n) is 3.86. The molecule has 0 saturated carbocycles. The number of carbonyl (C=O) groups excluding carboxylic acids is 2. The Kier molecular flexibility index (Phi) is 6.73. The number of rotatable bonds is 6. The fourth-order valence-electron chi connectivity index (χ4n) is 1.34. The highest BCUT2D eigenvalue weighted by atomic mass is 35.5. The molecule has 0 saturated heterocycles. The molecule has 1 amide bonds. The Morgan fingerprint density at radius 1 is 1.37 bits per heavy atom. The van der Waals surface area contributed by atoms with E-state index < -0.39 is 12.0 Å². The van der Waals surface area contributed by atoms with E-state index in [2.05, 4.69) is 10.1 Å². The Hall–Kier alpha value is -1.20. The molecule has 1 atom stereocenters. The highest BCUT2D eigenvalue weighted by molar-refractivity contribution is 7.99. The van der Waals surface area contributed by atoms with Crippen LogP contribution in [0.5, 0.6) is 0 Å². The zero-order valence-electron chi connectivity index (χ0n) is 10.8. The lowest BCUT2D eigenvalue weighted by atomic mass is 10.3. The molecule has 1 aromatic carbocycles. The van der Waals surface area contributed by atoms with Crippen molar-refractivity contribution < 1.29 is 14.3 Å². The topological polar surface area (TPSA) is 55.4 Å². The number of esters is 1. The summed E-state index contributed by atoms with van der Waals surface area (Å²) in [6.07, 6.45) is 0.342. The van der Waals surface area contributed by atoms with E-state index in [1.807, 2.05) is 24.3 Å². The number of hydrogen-bond donors (Lipinski definition) is 1. The van der Waals surface area contributed by atoms with Gasteiger partial charge in [0.15, 0.2) is 0 Å². The first-order chi connectivity index (χ1) is 9.02. The van der Waals surface area contributed by atoms with Crippen molar-refractivity contribution in [2.45, 2.75) is 24.3 Å². The average molecular weight is 302 g/mol. The largest absolute Gasteiger partial charge is 0.467 e. The van der Waals surface area contributed by atoms with Crippen LogP contribution in [0.2, 0.25) is 5.02 Å². The number of carbonyl (C=O) groups is 2. The van der Waals surface area contributed by atoms with Gasteiger partial charge in [-0.05, 0) is 31.2 Å². The van der Waals surface area contributed by atoms with E-state index in [1.54, 1.807) is 18.7 Å². The summed E-state index contributed by atoms with van der Waals surface area (Å²) in [5, 5.41) is 3.27. The lowest BCUT2D eigenvalue weighted by molar-refractivity contribution is -0.144. The van der Waals surface area contributed by atoms with Crippen molar-refractivity contribution >= 4 is 35.2 Å². The van der Waals surface area contributed by atoms with Crippen LogP contribution >= 0.6 is 23.4 Å². The van der Waals surface area contributed by atoms with Crippen LogP contribution in [-0.4, -0.2) is 30.8 Å². The molecule has 0 unspecified atom stereocenters. The van der Waals surface area contributed by atoms with Crippen LogP contribution in [0.4, 0.5) is 0 Å². The molecule has 4 nitrogen and oxygen atoms in total. The van der Waals surface area contributed by atoms with Crippen molar-refractivity contribution in [1.29, 1.82) is 0 Å². The predicted octanol–water partition coefficient (Wildman–Crippen LogP) is 2.50. The van der Waals surface area contributed by atoms with Crippen LogP contribution in [0.15, 0.2) is 29.2 Å². The summed E-state index contributed by atoms with van der Waals surface area (Å²) < 4.78 is 4.53. The van der Waals surface area contributed by atoms with E-state index in [9.17, 15) is 9.59 Å². The van der Waals surface area contributed by atoms with Gasteiger partial charge in [0.05, 0.1) is 7.11 Å². The Bertz CT molecular complexity index is 436. The minimum absolute atomic E-state index is 0.167. The maximum Gasteiger partial charge on any atom is 0.328 e. The summed E-state index contributed by atoms with van der Waals surface area (Å²) >= 11 is 7.34. The maximum absolute atomic E-state index is 11.6. The molecule has 0 aromatic heterocycles. The zero-order chi connectivity index (χ0) is 14.3. The minimum atomic E-state index is -0.613. The Morgan fingerprint density at radius 2 is 2.00 bits per heavy atom. The van der Waals surface area contributed by atoms with Crippen LogP contribution in [0.1, 0.15) is 13.3 Å². The summed E-state index contributed by atoms with van der Waals surface area (Å²) in [6.45, 7) is 1.59. The molecular formula is C13H16ClNO3S. The number of nitrogens with one attached hydrogen (secondary N) is 1. The predicted molar refractivity (Wildman–Crippen MR) is 76.4 cm³/mol. The fraction of sp³-hybridized carbons (Fsp3) is 0.385. The van der Waals surface area contributed by atoms with Gasteiger partial charge >= 0.3 is 5.97 Å². The number of amides is 1. The fourth-order valence-corrected chi connectivity index (χ4v) is 2.32. The average Bonchev–Trinajstić information content (AvgIpc) is 2.40. The number of methoxy groups -OCH3 is 1. The van der Waals surface area contributed by atoms with Gasteiger partial charge in [-0.2, -0.15) is 0 Å². The third kappa shape index (κ3) is 5.98. The van der Waals surface area contributed by atoms with Crippen LogP contribution in [0.25, 0.3) is 0 Å². The number of hydrogen-bond acceptors (Lipinski definition) is 4.